The Labute approximate surface area is 122 Å². The highest BCUT2D eigenvalue weighted by Crippen LogP contribution is 2.18. The number of para-hydroxylation sites is 2. The molecule has 2 aromatic heterocycles. The third-order valence-corrected chi connectivity index (χ3v) is 3.34. The molecule has 0 amide bonds. The number of pyridine rings is 1. The fourth-order valence-corrected chi connectivity index (χ4v) is 2.23. The quantitative estimate of drug-likeness (QED) is 0.727. The standard InChI is InChI=1S/C16H17N3O2/c20-11-13(8-12-4-3-7-17-9-12)10-18-16-19-14-5-1-2-6-15(14)21-16/h1-7,9,13,20H,8,10-11H2,(H,18,19). The Hall–Kier alpha value is -2.40. The molecule has 0 saturated heterocycles. The molecular weight excluding hydrogens is 266 g/mol. The second-order valence-corrected chi connectivity index (χ2v) is 4.98. The fraction of sp³-hybridized carbons (Fsp3) is 0.250. The van der Waals surface area contributed by atoms with E-state index in [4.69, 9.17) is 4.42 Å². The van der Waals surface area contributed by atoms with Gasteiger partial charge in [0, 0.05) is 31.5 Å². The number of hydrogen-bond donors (Lipinski definition) is 2. The zero-order chi connectivity index (χ0) is 14.5. The van der Waals surface area contributed by atoms with E-state index in [2.05, 4.69) is 15.3 Å². The Bertz CT molecular complexity index is 664. The second kappa shape index (κ2) is 6.37. The SMILES string of the molecule is OCC(CNc1nc2ccccc2o1)Cc1cccnc1. The lowest BCUT2D eigenvalue weighted by atomic mass is 10.0. The minimum Gasteiger partial charge on any atom is -0.424 e. The van der Waals surface area contributed by atoms with Crippen LogP contribution in [-0.2, 0) is 6.42 Å². The van der Waals surface area contributed by atoms with Crippen molar-refractivity contribution in [2.45, 2.75) is 6.42 Å². The second-order valence-electron chi connectivity index (χ2n) is 4.98. The summed E-state index contributed by atoms with van der Waals surface area (Å²) in [5.41, 5.74) is 2.69. The molecule has 5 nitrogen and oxygen atoms in total. The number of aliphatic hydroxyl groups excluding tert-OH is 1. The molecule has 0 bridgehead atoms. The maximum Gasteiger partial charge on any atom is 0.295 e. The predicted molar refractivity (Wildman–Crippen MR) is 81.0 cm³/mol. The molecule has 1 aromatic carbocycles. The normalized spacial score (nSPS) is 12.4. The first-order chi connectivity index (χ1) is 10.3. The van der Waals surface area contributed by atoms with Crippen LogP contribution in [0.15, 0.2) is 53.2 Å². The monoisotopic (exact) mass is 283 g/mol. The minimum absolute atomic E-state index is 0.0872. The van der Waals surface area contributed by atoms with Gasteiger partial charge >= 0.3 is 0 Å². The maximum atomic E-state index is 9.49. The molecule has 0 aliphatic rings. The molecule has 3 rings (SSSR count). The van der Waals surface area contributed by atoms with Crippen LogP contribution in [0.25, 0.3) is 11.1 Å². The summed E-state index contributed by atoms with van der Waals surface area (Å²) in [7, 11) is 0. The van der Waals surface area contributed by atoms with Gasteiger partial charge in [-0.05, 0) is 30.2 Å². The number of nitrogens with one attached hydrogen (secondary N) is 1. The van der Waals surface area contributed by atoms with Gasteiger partial charge in [-0.3, -0.25) is 4.98 Å². The molecule has 5 heteroatoms. The van der Waals surface area contributed by atoms with E-state index in [-0.39, 0.29) is 12.5 Å². The summed E-state index contributed by atoms with van der Waals surface area (Å²) < 4.78 is 5.60. The van der Waals surface area contributed by atoms with Crippen molar-refractivity contribution in [1.82, 2.24) is 9.97 Å². The third-order valence-electron chi connectivity index (χ3n) is 3.34. The predicted octanol–water partition coefficient (Wildman–Crippen LogP) is 2.49. The van der Waals surface area contributed by atoms with E-state index in [0.717, 1.165) is 23.1 Å². The number of anilines is 1. The summed E-state index contributed by atoms with van der Waals surface area (Å²) >= 11 is 0. The zero-order valence-corrected chi connectivity index (χ0v) is 11.6. The number of oxazole rings is 1. The molecule has 1 unspecified atom stereocenters. The van der Waals surface area contributed by atoms with Gasteiger partial charge in [0.05, 0.1) is 0 Å². The first-order valence-corrected chi connectivity index (χ1v) is 6.94. The Morgan fingerprint density at radius 3 is 2.86 bits per heavy atom. The molecular formula is C16H17N3O2. The number of aliphatic hydroxyl groups is 1. The molecule has 2 heterocycles. The first kappa shape index (κ1) is 13.6. The smallest absolute Gasteiger partial charge is 0.295 e. The van der Waals surface area contributed by atoms with Gasteiger partial charge in [0.25, 0.3) is 6.01 Å². The lowest BCUT2D eigenvalue weighted by molar-refractivity contribution is 0.232. The van der Waals surface area contributed by atoms with Gasteiger partial charge in [-0.25, -0.2) is 0 Å². The Morgan fingerprint density at radius 1 is 1.19 bits per heavy atom. The number of fused-ring (bicyclic) bond motifs is 1. The van der Waals surface area contributed by atoms with E-state index in [1.165, 1.54) is 0 Å². The molecule has 3 aromatic rings. The van der Waals surface area contributed by atoms with Gasteiger partial charge in [-0.15, -0.1) is 0 Å². The molecule has 0 spiro atoms. The summed E-state index contributed by atoms with van der Waals surface area (Å²) in [5, 5.41) is 12.6. The van der Waals surface area contributed by atoms with Gasteiger partial charge in [0.1, 0.15) is 5.52 Å². The third kappa shape index (κ3) is 3.38. The van der Waals surface area contributed by atoms with E-state index in [1.54, 1.807) is 6.20 Å². The van der Waals surface area contributed by atoms with Crippen LogP contribution in [0.4, 0.5) is 6.01 Å². The summed E-state index contributed by atoms with van der Waals surface area (Å²) in [4.78, 5) is 8.44. The van der Waals surface area contributed by atoms with Crippen LogP contribution in [0.3, 0.4) is 0 Å². The van der Waals surface area contributed by atoms with E-state index in [9.17, 15) is 5.11 Å². The van der Waals surface area contributed by atoms with Crippen LogP contribution in [0.1, 0.15) is 5.56 Å². The highest BCUT2D eigenvalue weighted by molar-refractivity contribution is 5.74. The Balaban J connectivity index is 1.62. The zero-order valence-electron chi connectivity index (χ0n) is 11.6. The van der Waals surface area contributed by atoms with E-state index in [1.807, 2.05) is 42.6 Å². The van der Waals surface area contributed by atoms with Crippen LogP contribution in [0.2, 0.25) is 0 Å². The Morgan fingerprint density at radius 2 is 2.10 bits per heavy atom. The highest BCUT2D eigenvalue weighted by atomic mass is 16.4. The Kier molecular flexibility index (Phi) is 4.12. The van der Waals surface area contributed by atoms with Crippen molar-refractivity contribution in [3.05, 3.63) is 54.4 Å². The van der Waals surface area contributed by atoms with Crippen molar-refractivity contribution in [3.8, 4) is 0 Å². The van der Waals surface area contributed by atoms with Crippen molar-refractivity contribution in [1.29, 1.82) is 0 Å². The lowest BCUT2D eigenvalue weighted by Crippen LogP contribution is -2.20. The van der Waals surface area contributed by atoms with Gasteiger partial charge < -0.3 is 14.8 Å². The molecule has 21 heavy (non-hydrogen) atoms. The fourth-order valence-electron chi connectivity index (χ4n) is 2.23. The molecule has 0 radical (unpaired) electrons. The van der Waals surface area contributed by atoms with E-state index >= 15 is 0 Å². The van der Waals surface area contributed by atoms with Crippen LogP contribution >= 0.6 is 0 Å². The summed E-state index contributed by atoms with van der Waals surface area (Å²) in [6, 6.07) is 12.0. The van der Waals surface area contributed by atoms with Crippen molar-refractivity contribution < 1.29 is 9.52 Å². The van der Waals surface area contributed by atoms with Crippen LogP contribution in [0.5, 0.6) is 0 Å². The average molecular weight is 283 g/mol. The summed E-state index contributed by atoms with van der Waals surface area (Å²) in [5.74, 6) is 0.0872. The number of aromatic nitrogens is 2. The lowest BCUT2D eigenvalue weighted by Gasteiger charge is -2.13. The number of hydrogen-bond acceptors (Lipinski definition) is 5. The van der Waals surface area contributed by atoms with Crippen LogP contribution in [0, 0.1) is 5.92 Å². The number of benzene rings is 1. The van der Waals surface area contributed by atoms with Gasteiger partial charge in [-0.2, -0.15) is 4.98 Å². The summed E-state index contributed by atoms with van der Waals surface area (Å²) in [6.07, 6.45) is 4.33. The van der Waals surface area contributed by atoms with E-state index < -0.39 is 0 Å². The average Bonchev–Trinajstić information content (AvgIpc) is 2.95. The van der Waals surface area contributed by atoms with Crippen LogP contribution < -0.4 is 5.32 Å². The van der Waals surface area contributed by atoms with E-state index in [0.29, 0.717) is 12.6 Å². The van der Waals surface area contributed by atoms with Crippen molar-refractivity contribution in [2.75, 3.05) is 18.5 Å². The molecule has 1 atom stereocenters. The van der Waals surface area contributed by atoms with Crippen molar-refractivity contribution in [3.63, 3.8) is 0 Å². The van der Waals surface area contributed by atoms with Crippen LogP contribution in [-0.4, -0.2) is 28.2 Å². The summed E-state index contributed by atoms with van der Waals surface area (Å²) in [6.45, 7) is 0.695. The van der Waals surface area contributed by atoms with Crippen molar-refractivity contribution >= 4 is 17.1 Å². The molecule has 108 valence electrons. The topological polar surface area (TPSA) is 71.2 Å². The largest absolute Gasteiger partial charge is 0.424 e. The first-order valence-electron chi connectivity index (χ1n) is 6.94. The van der Waals surface area contributed by atoms with Gasteiger partial charge in [0.15, 0.2) is 5.58 Å². The number of rotatable bonds is 6. The highest BCUT2D eigenvalue weighted by Gasteiger charge is 2.11. The molecule has 0 saturated carbocycles. The van der Waals surface area contributed by atoms with Gasteiger partial charge in [-0.1, -0.05) is 18.2 Å². The van der Waals surface area contributed by atoms with Crippen molar-refractivity contribution in [2.24, 2.45) is 5.92 Å². The van der Waals surface area contributed by atoms with Gasteiger partial charge in [0.2, 0.25) is 0 Å². The minimum atomic E-state index is 0.0872. The molecule has 2 N–H and O–H groups in total. The molecule has 0 aliphatic heterocycles. The molecule has 0 aliphatic carbocycles. The maximum absolute atomic E-state index is 9.49. The molecule has 0 fully saturated rings. The number of nitrogens with zero attached hydrogens (tertiary/aromatic N) is 2.